The number of benzene rings is 1. The van der Waals surface area contributed by atoms with E-state index < -0.39 is 20.6 Å². The molecular formula is C12H18N4O4S. The number of para-hydroxylation sites is 1. The van der Waals surface area contributed by atoms with Crippen molar-refractivity contribution in [3.05, 3.63) is 28.3 Å². The number of hydrogen-bond donors (Lipinski definition) is 3. The zero-order valence-corrected chi connectivity index (χ0v) is 12.4. The van der Waals surface area contributed by atoms with E-state index in [1.54, 1.807) is 0 Å². The summed E-state index contributed by atoms with van der Waals surface area (Å²) in [6.45, 7) is 1.96. The lowest BCUT2D eigenvalue weighted by Crippen LogP contribution is -2.36. The number of nitrogens with two attached hydrogens (primary N) is 1. The summed E-state index contributed by atoms with van der Waals surface area (Å²) in [7, 11) is -3.97. The lowest BCUT2D eigenvalue weighted by Gasteiger charge is -2.17. The van der Waals surface area contributed by atoms with Crippen molar-refractivity contribution in [2.75, 3.05) is 5.43 Å². The van der Waals surface area contributed by atoms with Gasteiger partial charge in [0.1, 0.15) is 5.69 Å². The van der Waals surface area contributed by atoms with Gasteiger partial charge >= 0.3 is 5.69 Å². The van der Waals surface area contributed by atoms with Crippen LogP contribution < -0.4 is 16.0 Å². The molecule has 1 aliphatic rings. The number of hydrogen-bond acceptors (Lipinski definition) is 6. The van der Waals surface area contributed by atoms with Gasteiger partial charge in [0.15, 0.2) is 4.90 Å². The summed E-state index contributed by atoms with van der Waals surface area (Å²) in [5.41, 5.74) is 1.58. The Morgan fingerprint density at radius 1 is 1.38 bits per heavy atom. The first kappa shape index (κ1) is 15.7. The zero-order chi connectivity index (χ0) is 15.6. The number of nitrogen functional groups attached to an aromatic ring is 1. The first-order valence-corrected chi connectivity index (χ1v) is 8.11. The fourth-order valence-corrected chi connectivity index (χ4v) is 4.20. The van der Waals surface area contributed by atoms with Gasteiger partial charge in [0.2, 0.25) is 10.0 Å². The van der Waals surface area contributed by atoms with E-state index in [4.69, 9.17) is 5.84 Å². The molecule has 21 heavy (non-hydrogen) atoms. The van der Waals surface area contributed by atoms with Gasteiger partial charge in [-0.15, -0.1) is 0 Å². The molecule has 116 valence electrons. The fraction of sp³-hybridized carbons (Fsp3) is 0.500. The van der Waals surface area contributed by atoms with Gasteiger partial charge in [-0.2, -0.15) is 0 Å². The summed E-state index contributed by atoms with van der Waals surface area (Å²) < 4.78 is 27.5. The van der Waals surface area contributed by atoms with Crippen LogP contribution in [0.4, 0.5) is 11.4 Å². The van der Waals surface area contributed by atoms with E-state index >= 15 is 0 Å². The molecule has 0 amide bonds. The molecule has 0 saturated heterocycles. The van der Waals surface area contributed by atoms with E-state index in [9.17, 15) is 18.5 Å². The van der Waals surface area contributed by atoms with Crippen molar-refractivity contribution in [2.45, 2.75) is 37.1 Å². The third kappa shape index (κ3) is 3.14. The molecule has 0 radical (unpaired) electrons. The molecule has 1 aromatic rings. The van der Waals surface area contributed by atoms with Crippen molar-refractivity contribution in [2.24, 2.45) is 11.8 Å². The lowest BCUT2D eigenvalue weighted by atomic mass is 10.1. The van der Waals surface area contributed by atoms with Crippen molar-refractivity contribution in [1.29, 1.82) is 0 Å². The number of nitro groups is 1. The van der Waals surface area contributed by atoms with Crippen LogP contribution in [-0.4, -0.2) is 19.4 Å². The van der Waals surface area contributed by atoms with Crippen LogP contribution in [0.1, 0.15) is 26.2 Å². The highest BCUT2D eigenvalue weighted by Gasteiger charge is 2.33. The van der Waals surface area contributed by atoms with Crippen LogP contribution in [0.2, 0.25) is 0 Å². The van der Waals surface area contributed by atoms with Gasteiger partial charge in [-0.1, -0.05) is 19.4 Å². The molecule has 4 N–H and O–H groups in total. The molecular weight excluding hydrogens is 296 g/mol. The minimum absolute atomic E-state index is 0.0395. The molecule has 0 aliphatic heterocycles. The molecule has 9 heteroatoms. The highest BCUT2D eigenvalue weighted by Crippen LogP contribution is 2.33. The van der Waals surface area contributed by atoms with Gasteiger partial charge in [-0.3, -0.25) is 16.0 Å². The summed E-state index contributed by atoms with van der Waals surface area (Å²) >= 11 is 0. The second kappa shape index (κ2) is 5.96. The molecule has 1 saturated carbocycles. The fourth-order valence-electron chi connectivity index (χ4n) is 2.63. The monoisotopic (exact) mass is 314 g/mol. The standard InChI is InChI=1S/C12H18N4O4S/c1-8-4-2-5-9(8)15-21(19,20)11-7-3-6-10(14-13)12(11)16(17)18/h3,6-9,14-15H,2,4-5,13H2,1H3. The van der Waals surface area contributed by atoms with Crippen molar-refractivity contribution in [1.82, 2.24) is 4.72 Å². The molecule has 0 heterocycles. The van der Waals surface area contributed by atoms with E-state index in [1.165, 1.54) is 18.2 Å². The molecule has 2 unspecified atom stereocenters. The van der Waals surface area contributed by atoms with Crippen LogP contribution in [0.3, 0.4) is 0 Å². The highest BCUT2D eigenvalue weighted by atomic mass is 32.2. The Bertz CT molecular complexity index is 647. The van der Waals surface area contributed by atoms with Gasteiger partial charge in [-0.25, -0.2) is 13.1 Å². The molecule has 2 atom stereocenters. The van der Waals surface area contributed by atoms with Crippen LogP contribution in [0.15, 0.2) is 23.1 Å². The summed E-state index contributed by atoms with van der Waals surface area (Å²) in [5, 5.41) is 11.2. The Morgan fingerprint density at radius 3 is 2.62 bits per heavy atom. The number of nitrogens with one attached hydrogen (secondary N) is 2. The summed E-state index contributed by atoms with van der Waals surface area (Å²) in [5.74, 6) is 5.43. The quantitative estimate of drug-likeness (QED) is 0.427. The van der Waals surface area contributed by atoms with Gasteiger partial charge < -0.3 is 5.43 Å². The van der Waals surface area contributed by atoms with Gasteiger partial charge in [0.25, 0.3) is 0 Å². The number of rotatable bonds is 5. The maximum Gasteiger partial charge on any atom is 0.313 e. The third-order valence-electron chi connectivity index (χ3n) is 3.79. The minimum Gasteiger partial charge on any atom is -0.318 e. The number of nitrogens with zero attached hydrogens (tertiary/aromatic N) is 1. The number of anilines is 1. The van der Waals surface area contributed by atoms with Crippen molar-refractivity contribution in [3.8, 4) is 0 Å². The predicted octanol–water partition coefficient (Wildman–Crippen LogP) is 1.35. The number of sulfonamides is 1. The first-order chi connectivity index (χ1) is 9.86. The van der Waals surface area contributed by atoms with Crippen LogP contribution in [0.25, 0.3) is 0 Å². The largest absolute Gasteiger partial charge is 0.318 e. The molecule has 8 nitrogen and oxygen atoms in total. The van der Waals surface area contributed by atoms with E-state index in [1.807, 2.05) is 6.92 Å². The van der Waals surface area contributed by atoms with Crippen molar-refractivity contribution < 1.29 is 13.3 Å². The second-order valence-corrected chi connectivity index (χ2v) is 6.87. The van der Waals surface area contributed by atoms with Gasteiger partial charge in [-0.05, 0) is 30.9 Å². The lowest BCUT2D eigenvalue weighted by molar-refractivity contribution is -0.386. The highest BCUT2D eigenvalue weighted by molar-refractivity contribution is 7.89. The summed E-state index contributed by atoms with van der Waals surface area (Å²) in [6.07, 6.45) is 2.63. The molecule has 0 spiro atoms. The molecule has 0 aromatic heterocycles. The van der Waals surface area contributed by atoms with E-state index in [0.29, 0.717) is 0 Å². The molecule has 1 fully saturated rings. The van der Waals surface area contributed by atoms with Crippen LogP contribution in [0.5, 0.6) is 0 Å². The van der Waals surface area contributed by atoms with E-state index in [0.717, 1.165) is 19.3 Å². The maximum atomic E-state index is 12.4. The normalized spacial score (nSPS) is 22.2. The smallest absolute Gasteiger partial charge is 0.313 e. The van der Waals surface area contributed by atoms with Crippen LogP contribution in [0, 0.1) is 16.0 Å². The molecule has 1 aromatic carbocycles. The third-order valence-corrected chi connectivity index (χ3v) is 5.32. The average Bonchev–Trinajstić information content (AvgIpc) is 2.82. The molecule has 1 aliphatic carbocycles. The Kier molecular flexibility index (Phi) is 4.45. The van der Waals surface area contributed by atoms with E-state index in [2.05, 4.69) is 10.1 Å². The molecule has 2 rings (SSSR count). The molecule has 0 bridgehead atoms. The second-order valence-electron chi connectivity index (χ2n) is 5.19. The van der Waals surface area contributed by atoms with Crippen molar-refractivity contribution >= 4 is 21.4 Å². The van der Waals surface area contributed by atoms with Crippen LogP contribution in [-0.2, 0) is 10.0 Å². The topological polar surface area (TPSA) is 127 Å². The SMILES string of the molecule is CC1CCCC1NS(=O)(=O)c1cccc(NN)c1[N+](=O)[O-]. The maximum absolute atomic E-state index is 12.4. The van der Waals surface area contributed by atoms with Crippen LogP contribution >= 0.6 is 0 Å². The first-order valence-electron chi connectivity index (χ1n) is 6.63. The number of hydrazine groups is 1. The van der Waals surface area contributed by atoms with Gasteiger partial charge in [0.05, 0.1) is 4.92 Å². The van der Waals surface area contributed by atoms with Crippen molar-refractivity contribution in [3.63, 3.8) is 0 Å². The zero-order valence-electron chi connectivity index (χ0n) is 11.6. The Hall–Kier alpha value is -1.71. The number of nitro benzene ring substituents is 1. The Morgan fingerprint density at radius 2 is 2.10 bits per heavy atom. The summed E-state index contributed by atoms with van der Waals surface area (Å²) in [4.78, 5) is 10.0. The van der Waals surface area contributed by atoms with Gasteiger partial charge in [0, 0.05) is 6.04 Å². The summed E-state index contributed by atoms with van der Waals surface area (Å²) in [6, 6.07) is 3.79. The van der Waals surface area contributed by atoms with E-state index in [-0.39, 0.29) is 22.5 Å². The predicted molar refractivity (Wildman–Crippen MR) is 78.0 cm³/mol. The Balaban J connectivity index is 2.42. The minimum atomic E-state index is -3.97. The Labute approximate surface area is 122 Å². The average molecular weight is 314 g/mol.